The molecule has 0 saturated carbocycles. The third-order valence-electron chi connectivity index (χ3n) is 5.50. The maximum absolute atomic E-state index is 13.3. The van der Waals surface area contributed by atoms with Gasteiger partial charge in [-0.05, 0) is 44.9 Å². The van der Waals surface area contributed by atoms with Crippen LogP contribution in [-0.2, 0) is 20.8 Å². The molecule has 0 bridgehead atoms. The van der Waals surface area contributed by atoms with Crippen LogP contribution >= 0.6 is 23.4 Å². The van der Waals surface area contributed by atoms with E-state index in [2.05, 4.69) is 15.6 Å². The SMILES string of the molecule is CCOC(=O)C1=C(CSc2nc3cc(Cl)ccc3c(=O)n2C[C@H]2CCCO2)NC(=O)N[C@@H]1C. The zero-order chi connectivity index (χ0) is 23.5. The zero-order valence-electron chi connectivity index (χ0n) is 18.4. The van der Waals surface area contributed by atoms with Crippen LogP contribution in [0.15, 0.2) is 39.4 Å². The van der Waals surface area contributed by atoms with Gasteiger partial charge in [-0.25, -0.2) is 14.6 Å². The van der Waals surface area contributed by atoms with E-state index in [0.717, 1.165) is 12.8 Å². The monoisotopic (exact) mass is 492 g/mol. The second-order valence-corrected chi connectivity index (χ2v) is 9.21. The van der Waals surface area contributed by atoms with Crippen molar-refractivity contribution in [1.82, 2.24) is 20.2 Å². The van der Waals surface area contributed by atoms with Crippen molar-refractivity contribution in [2.45, 2.75) is 50.5 Å². The lowest BCUT2D eigenvalue weighted by molar-refractivity contribution is -0.138. The number of fused-ring (bicyclic) bond motifs is 1. The smallest absolute Gasteiger partial charge is 0.337 e. The summed E-state index contributed by atoms with van der Waals surface area (Å²) in [7, 11) is 0. The van der Waals surface area contributed by atoms with Crippen molar-refractivity contribution >= 4 is 46.3 Å². The fourth-order valence-corrected chi connectivity index (χ4v) is 5.11. The average Bonchev–Trinajstić information content (AvgIpc) is 3.27. The molecular weight excluding hydrogens is 468 g/mol. The molecule has 2 amide bonds. The van der Waals surface area contributed by atoms with Gasteiger partial charge >= 0.3 is 12.0 Å². The summed E-state index contributed by atoms with van der Waals surface area (Å²) in [5, 5.41) is 6.79. The van der Waals surface area contributed by atoms with Crippen molar-refractivity contribution < 1.29 is 19.1 Å². The minimum atomic E-state index is -0.508. The van der Waals surface area contributed by atoms with Crippen LogP contribution in [0.25, 0.3) is 10.9 Å². The second kappa shape index (κ2) is 10.1. The highest BCUT2D eigenvalue weighted by molar-refractivity contribution is 7.99. The van der Waals surface area contributed by atoms with Crippen LogP contribution < -0.4 is 16.2 Å². The molecule has 0 unspecified atom stereocenters. The van der Waals surface area contributed by atoms with E-state index in [-0.39, 0.29) is 24.0 Å². The summed E-state index contributed by atoms with van der Waals surface area (Å²) in [6.45, 7) is 4.71. The van der Waals surface area contributed by atoms with Crippen molar-refractivity contribution in [1.29, 1.82) is 0 Å². The first-order chi connectivity index (χ1) is 15.9. The number of nitrogens with one attached hydrogen (secondary N) is 2. The second-order valence-electron chi connectivity index (χ2n) is 7.83. The van der Waals surface area contributed by atoms with Crippen LogP contribution in [0.4, 0.5) is 4.79 Å². The van der Waals surface area contributed by atoms with Gasteiger partial charge in [0.15, 0.2) is 5.16 Å². The Morgan fingerprint density at radius 2 is 2.21 bits per heavy atom. The molecule has 2 N–H and O–H groups in total. The predicted octanol–water partition coefficient (Wildman–Crippen LogP) is 2.84. The standard InChI is InChI=1S/C22H25ClN4O5S/c1-3-31-20(29)18-12(2)24-21(30)25-17(18)11-33-22-26-16-9-13(23)6-7-15(16)19(28)27(22)10-14-5-4-8-32-14/h6-7,9,12,14H,3-5,8,10-11H2,1-2H3,(H2,24,25,30)/t12-,14-/m1/s1. The Kier molecular flexibility index (Phi) is 7.26. The summed E-state index contributed by atoms with van der Waals surface area (Å²) in [5.74, 6) is -0.279. The molecule has 9 nitrogen and oxygen atoms in total. The van der Waals surface area contributed by atoms with E-state index in [1.807, 2.05) is 0 Å². The van der Waals surface area contributed by atoms with Gasteiger partial charge in [0.25, 0.3) is 5.56 Å². The molecule has 1 aromatic carbocycles. The van der Waals surface area contributed by atoms with Crippen molar-refractivity contribution in [3.63, 3.8) is 0 Å². The molecule has 3 heterocycles. The lowest BCUT2D eigenvalue weighted by atomic mass is 10.1. The van der Waals surface area contributed by atoms with Gasteiger partial charge in [0.2, 0.25) is 0 Å². The highest BCUT2D eigenvalue weighted by Gasteiger charge is 2.30. The third-order valence-corrected chi connectivity index (χ3v) is 6.74. The molecule has 11 heteroatoms. The molecule has 33 heavy (non-hydrogen) atoms. The van der Waals surface area contributed by atoms with Gasteiger partial charge in [-0.1, -0.05) is 23.4 Å². The molecule has 1 aromatic heterocycles. The van der Waals surface area contributed by atoms with Gasteiger partial charge in [0.1, 0.15) is 0 Å². The molecule has 2 atom stereocenters. The summed E-state index contributed by atoms with van der Waals surface area (Å²) in [5.41, 5.74) is 1.08. The molecule has 0 spiro atoms. The van der Waals surface area contributed by atoms with Crippen molar-refractivity contribution in [3.05, 3.63) is 44.8 Å². The number of esters is 1. The van der Waals surface area contributed by atoms with Crippen LogP contribution in [0, 0.1) is 0 Å². The van der Waals surface area contributed by atoms with E-state index in [9.17, 15) is 14.4 Å². The summed E-state index contributed by atoms with van der Waals surface area (Å²) >= 11 is 7.39. The van der Waals surface area contributed by atoms with Crippen LogP contribution in [0.2, 0.25) is 5.02 Å². The summed E-state index contributed by atoms with van der Waals surface area (Å²) in [4.78, 5) is 42.6. The topological polar surface area (TPSA) is 112 Å². The number of carbonyl (C=O) groups is 2. The molecular formula is C22H25ClN4O5S. The Bertz CT molecular complexity index is 1180. The fraction of sp³-hybridized carbons (Fsp3) is 0.455. The quantitative estimate of drug-likeness (QED) is 0.347. The molecule has 0 aliphatic carbocycles. The number of thioether (sulfide) groups is 1. The number of benzene rings is 1. The van der Waals surface area contributed by atoms with E-state index < -0.39 is 18.0 Å². The molecule has 2 aliphatic heterocycles. The molecule has 4 rings (SSSR count). The molecule has 176 valence electrons. The van der Waals surface area contributed by atoms with Crippen molar-refractivity contribution in [2.75, 3.05) is 19.0 Å². The van der Waals surface area contributed by atoms with Crippen LogP contribution in [-0.4, -0.2) is 52.7 Å². The van der Waals surface area contributed by atoms with Crippen molar-refractivity contribution in [2.24, 2.45) is 0 Å². The highest BCUT2D eigenvalue weighted by atomic mass is 35.5. The first-order valence-electron chi connectivity index (χ1n) is 10.8. The van der Waals surface area contributed by atoms with Gasteiger partial charge in [-0.2, -0.15) is 0 Å². The normalized spacial score (nSPS) is 20.6. The lowest BCUT2D eigenvalue weighted by Crippen LogP contribution is -2.49. The van der Waals surface area contributed by atoms with Crippen molar-refractivity contribution in [3.8, 4) is 0 Å². The number of nitrogens with zero attached hydrogens (tertiary/aromatic N) is 2. The summed E-state index contributed by atoms with van der Waals surface area (Å²) < 4.78 is 12.5. The molecule has 1 fully saturated rings. The number of hydrogen-bond donors (Lipinski definition) is 2. The minimum absolute atomic E-state index is 0.0680. The maximum atomic E-state index is 13.3. The van der Waals surface area contributed by atoms with Crippen LogP contribution in [0.1, 0.15) is 26.7 Å². The number of carbonyl (C=O) groups excluding carboxylic acids is 2. The Balaban J connectivity index is 1.71. The van der Waals surface area contributed by atoms with E-state index in [1.165, 1.54) is 11.8 Å². The molecule has 2 aromatic rings. The van der Waals surface area contributed by atoms with E-state index in [1.54, 1.807) is 36.6 Å². The molecule has 2 aliphatic rings. The highest BCUT2D eigenvalue weighted by Crippen LogP contribution is 2.26. The number of urea groups is 1. The Labute approximate surface area is 199 Å². The number of halogens is 1. The number of aromatic nitrogens is 2. The average molecular weight is 493 g/mol. The van der Waals surface area contributed by atoms with Gasteiger partial charge < -0.3 is 20.1 Å². The van der Waals surface area contributed by atoms with Gasteiger partial charge in [0.05, 0.1) is 41.8 Å². The maximum Gasteiger partial charge on any atom is 0.337 e. The predicted molar refractivity (Wildman–Crippen MR) is 125 cm³/mol. The largest absolute Gasteiger partial charge is 0.463 e. The van der Waals surface area contributed by atoms with Crippen LogP contribution in [0.3, 0.4) is 0 Å². The Hall–Kier alpha value is -2.56. The van der Waals surface area contributed by atoms with Gasteiger partial charge in [0, 0.05) is 23.1 Å². The zero-order valence-corrected chi connectivity index (χ0v) is 19.9. The molecule has 1 saturated heterocycles. The minimum Gasteiger partial charge on any atom is -0.463 e. The Morgan fingerprint density at radius 3 is 2.94 bits per heavy atom. The number of amides is 2. The Morgan fingerprint density at radius 1 is 1.39 bits per heavy atom. The lowest BCUT2D eigenvalue weighted by Gasteiger charge is -2.26. The van der Waals surface area contributed by atoms with E-state index in [4.69, 9.17) is 21.1 Å². The number of rotatable bonds is 7. The summed E-state index contributed by atoms with van der Waals surface area (Å²) in [6.07, 6.45) is 1.75. The summed E-state index contributed by atoms with van der Waals surface area (Å²) in [6, 6.07) is 4.07. The number of hydrogen-bond acceptors (Lipinski definition) is 7. The van der Waals surface area contributed by atoms with E-state index in [0.29, 0.717) is 45.5 Å². The van der Waals surface area contributed by atoms with E-state index >= 15 is 0 Å². The molecule has 0 radical (unpaired) electrons. The first-order valence-corrected chi connectivity index (χ1v) is 12.2. The van der Waals surface area contributed by atoms with Crippen LogP contribution in [0.5, 0.6) is 0 Å². The fourth-order valence-electron chi connectivity index (χ4n) is 3.97. The first kappa shape index (κ1) is 23.6. The number of ether oxygens (including phenoxy) is 2. The van der Waals surface area contributed by atoms with Gasteiger partial charge in [-0.3, -0.25) is 9.36 Å². The van der Waals surface area contributed by atoms with Gasteiger partial charge in [-0.15, -0.1) is 0 Å². The third kappa shape index (κ3) is 5.18.